The van der Waals surface area contributed by atoms with Crippen molar-refractivity contribution in [2.24, 2.45) is 11.8 Å². The van der Waals surface area contributed by atoms with Crippen LogP contribution in [0.3, 0.4) is 0 Å². The van der Waals surface area contributed by atoms with Crippen molar-refractivity contribution in [3.05, 3.63) is 35.6 Å². The lowest BCUT2D eigenvalue weighted by Crippen LogP contribution is -2.51. The summed E-state index contributed by atoms with van der Waals surface area (Å²) in [5.41, 5.74) is 1.10. The van der Waals surface area contributed by atoms with Gasteiger partial charge in [0.2, 0.25) is 0 Å². The Morgan fingerprint density at radius 3 is 2.57 bits per heavy atom. The van der Waals surface area contributed by atoms with E-state index >= 15 is 0 Å². The minimum atomic E-state index is -0.117. The minimum absolute atomic E-state index is 0.117. The summed E-state index contributed by atoms with van der Waals surface area (Å²) in [5.74, 6) is 1.91. The normalized spacial score (nSPS) is 33.7. The van der Waals surface area contributed by atoms with E-state index < -0.39 is 0 Å². The molecule has 0 radical (unpaired) electrons. The van der Waals surface area contributed by atoms with Crippen molar-refractivity contribution >= 4 is 0 Å². The van der Waals surface area contributed by atoms with Gasteiger partial charge >= 0.3 is 0 Å². The quantitative estimate of drug-likeness (QED) is 0.843. The summed E-state index contributed by atoms with van der Waals surface area (Å²) >= 11 is 0. The molecular weight excluding hydrogens is 263 g/mol. The monoisotopic (exact) mass is 288 g/mol. The van der Waals surface area contributed by atoms with Crippen molar-refractivity contribution in [3.63, 3.8) is 0 Å². The Bertz CT molecular complexity index is 496. The highest BCUT2D eigenvalue weighted by Crippen LogP contribution is 2.46. The van der Waals surface area contributed by atoms with Gasteiger partial charge in [-0.3, -0.25) is 9.80 Å². The summed E-state index contributed by atoms with van der Waals surface area (Å²) in [6, 6.07) is 7.92. The summed E-state index contributed by atoms with van der Waals surface area (Å²) in [4.78, 5) is 5.21. The summed E-state index contributed by atoms with van der Waals surface area (Å²) in [7, 11) is 0. The van der Waals surface area contributed by atoms with Crippen LogP contribution in [0.25, 0.3) is 0 Å². The topological polar surface area (TPSA) is 6.48 Å². The largest absolute Gasteiger partial charge is 0.298 e. The second-order valence-corrected chi connectivity index (χ2v) is 7.18. The molecule has 0 N–H and O–H groups in total. The fourth-order valence-corrected chi connectivity index (χ4v) is 4.80. The first-order valence-electron chi connectivity index (χ1n) is 8.49. The van der Waals surface area contributed by atoms with E-state index in [1.807, 2.05) is 12.1 Å². The summed E-state index contributed by atoms with van der Waals surface area (Å²) in [6.07, 6.45) is 5.91. The second-order valence-electron chi connectivity index (χ2n) is 7.18. The zero-order valence-corrected chi connectivity index (χ0v) is 12.7. The molecule has 21 heavy (non-hydrogen) atoms. The fraction of sp³-hybridized carbons (Fsp3) is 0.667. The number of benzene rings is 1. The molecule has 4 rings (SSSR count). The van der Waals surface area contributed by atoms with Gasteiger partial charge in [-0.25, -0.2) is 4.39 Å². The Balaban J connectivity index is 1.31. The van der Waals surface area contributed by atoms with Crippen LogP contribution in [0.1, 0.15) is 31.2 Å². The van der Waals surface area contributed by atoms with Crippen molar-refractivity contribution < 1.29 is 4.39 Å². The first kappa shape index (κ1) is 13.7. The fourth-order valence-electron chi connectivity index (χ4n) is 4.80. The van der Waals surface area contributed by atoms with Crippen LogP contribution in [-0.4, -0.2) is 42.0 Å². The molecule has 0 unspecified atom stereocenters. The number of fused-ring (bicyclic) bond motifs is 2. The number of halogens is 1. The van der Waals surface area contributed by atoms with Gasteiger partial charge in [0, 0.05) is 38.8 Å². The molecule has 2 aliphatic carbocycles. The van der Waals surface area contributed by atoms with Gasteiger partial charge in [0.25, 0.3) is 0 Å². The lowest BCUT2D eigenvalue weighted by atomic mass is 9.93. The van der Waals surface area contributed by atoms with Crippen LogP contribution < -0.4 is 0 Å². The van der Waals surface area contributed by atoms with Crippen molar-refractivity contribution in [2.45, 2.75) is 38.3 Å². The predicted octanol–water partition coefficient (Wildman–Crippen LogP) is 3.13. The highest BCUT2D eigenvalue weighted by atomic mass is 19.1. The van der Waals surface area contributed by atoms with E-state index in [-0.39, 0.29) is 5.82 Å². The third kappa shape index (κ3) is 2.86. The molecule has 114 valence electrons. The zero-order chi connectivity index (χ0) is 14.2. The van der Waals surface area contributed by atoms with E-state index in [1.54, 1.807) is 6.07 Å². The van der Waals surface area contributed by atoms with Crippen LogP contribution >= 0.6 is 0 Å². The second kappa shape index (κ2) is 5.69. The van der Waals surface area contributed by atoms with Crippen molar-refractivity contribution in [1.29, 1.82) is 0 Å². The molecule has 3 heteroatoms. The molecule has 1 aromatic carbocycles. The van der Waals surface area contributed by atoms with Gasteiger partial charge in [0.15, 0.2) is 0 Å². The Morgan fingerprint density at radius 2 is 1.90 bits per heavy atom. The molecular formula is C18H25FN2. The van der Waals surface area contributed by atoms with Gasteiger partial charge in [-0.1, -0.05) is 18.6 Å². The Labute approximate surface area is 126 Å². The summed E-state index contributed by atoms with van der Waals surface area (Å²) in [5, 5.41) is 0. The number of rotatable bonds is 3. The van der Waals surface area contributed by atoms with Gasteiger partial charge in [-0.15, -0.1) is 0 Å². The van der Waals surface area contributed by atoms with Gasteiger partial charge < -0.3 is 0 Å². The maximum absolute atomic E-state index is 13.2. The van der Waals surface area contributed by atoms with Crippen molar-refractivity contribution in [3.8, 4) is 0 Å². The van der Waals surface area contributed by atoms with Crippen LogP contribution in [0.5, 0.6) is 0 Å². The van der Waals surface area contributed by atoms with Crippen molar-refractivity contribution in [1.82, 2.24) is 9.80 Å². The van der Waals surface area contributed by atoms with Crippen LogP contribution in [0, 0.1) is 17.7 Å². The van der Waals surface area contributed by atoms with Crippen LogP contribution in [0.2, 0.25) is 0 Å². The summed E-state index contributed by atoms with van der Waals surface area (Å²) < 4.78 is 13.2. The standard InChI is InChI=1S/C18H25FN2/c19-17-3-1-2-15(11-17)13-20-6-8-21(9-7-20)18-12-14-4-5-16(18)10-14/h1-3,11,14,16,18H,4-10,12-13H2/t14-,16-,18+/m0/s1. The minimum Gasteiger partial charge on any atom is -0.298 e. The third-order valence-electron chi connectivity index (χ3n) is 5.87. The molecule has 3 fully saturated rings. The SMILES string of the molecule is Fc1cccc(CN2CCN([C@@H]3C[C@H]4CC[C@H]3C4)CC2)c1. The molecule has 1 heterocycles. The smallest absolute Gasteiger partial charge is 0.123 e. The average molecular weight is 288 g/mol. The van der Waals surface area contributed by atoms with Crippen LogP contribution in [0.4, 0.5) is 4.39 Å². The summed E-state index contributed by atoms with van der Waals surface area (Å²) in [6.45, 7) is 5.55. The first-order valence-corrected chi connectivity index (χ1v) is 8.49. The molecule has 1 aromatic rings. The molecule has 2 saturated carbocycles. The maximum Gasteiger partial charge on any atom is 0.123 e. The van der Waals surface area contributed by atoms with Crippen molar-refractivity contribution in [2.75, 3.05) is 26.2 Å². The Morgan fingerprint density at radius 1 is 1.05 bits per heavy atom. The van der Waals surface area contributed by atoms with Gasteiger partial charge in [0.1, 0.15) is 5.82 Å². The van der Waals surface area contributed by atoms with E-state index in [1.165, 1.54) is 44.8 Å². The number of nitrogens with zero attached hydrogens (tertiary/aromatic N) is 2. The van der Waals surface area contributed by atoms with E-state index in [0.29, 0.717) is 0 Å². The molecule has 2 bridgehead atoms. The zero-order valence-electron chi connectivity index (χ0n) is 12.7. The Kier molecular flexibility index (Phi) is 3.72. The molecule has 0 spiro atoms. The lowest BCUT2D eigenvalue weighted by molar-refractivity contribution is 0.0679. The number of hydrogen-bond donors (Lipinski definition) is 0. The molecule has 0 aromatic heterocycles. The molecule has 3 atom stereocenters. The molecule has 1 saturated heterocycles. The lowest BCUT2D eigenvalue weighted by Gasteiger charge is -2.41. The van der Waals surface area contributed by atoms with Crippen LogP contribution in [0.15, 0.2) is 24.3 Å². The van der Waals surface area contributed by atoms with Crippen LogP contribution in [-0.2, 0) is 6.54 Å². The molecule has 0 amide bonds. The average Bonchev–Trinajstić information content (AvgIpc) is 3.11. The number of hydrogen-bond acceptors (Lipinski definition) is 2. The Hall–Kier alpha value is -0.930. The van der Waals surface area contributed by atoms with Gasteiger partial charge in [-0.05, 0) is 48.8 Å². The van der Waals surface area contributed by atoms with E-state index in [2.05, 4.69) is 9.80 Å². The third-order valence-corrected chi connectivity index (χ3v) is 5.87. The highest BCUT2D eigenvalue weighted by Gasteiger charge is 2.42. The molecule has 1 aliphatic heterocycles. The van der Waals surface area contributed by atoms with E-state index in [0.717, 1.165) is 43.1 Å². The first-order chi connectivity index (χ1) is 10.3. The number of piperazine rings is 1. The van der Waals surface area contributed by atoms with E-state index in [4.69, 9.17) is 0 Å². The van der Waals surface area contributed by atoms with E-state index in [9.17, 15) is 4.39 Å². The molecule has 3 aliphatic rings. The molecule has 2 nitrogen and oxygen atoms in total. The van der Waals surface area contributed by atoms with Gasteiger partial charge in [0.05, 0.1) is 0 Å². The highest BCUT2D eigenvalue weighted by molar-refractivity contribution is 5.16. The van der Waals surface area contributed by atoms with Gasteiger partial charge in [-0.2, -0.15) is 0 Å². The predicted molar refractivity (Wildman–Crippen MR) is 82.5 cm³/mol. The maximum atomic E-state index is 13.2.